The summed E-state index contributed by atoms with van der Waals surface area (Å²) in [5, 5.41) is 2.24. The first kappa shape index (κ1) is 21.1. The van der Waals surface area contributed by atoms with Crippen molar-refractivity contribution in [2.24, 2.45) is 0 Å². The average Bonchev–Trinajstić information content (AvgIpc) is 2.69. The number of benzene rings is 2. The number of aryl methyl sites for hydroxylation is 1. The summed E-state index contributed by atoms with van der Waals surface area (Å²) in [7, 11) is 1.51. The summed E-state index contributed by atoms with van der Waals surface area (Å²) in [5.74, 6) is 0.0397. The van der Waals surface area contributed by atoms with Crippen LogP contribution in [0.5, 0.6) is 5.75 Å². The number of ether oxygens (including phenoxy) is 1. The first-order valence-electron chi connectivity index (χ1n) is 8.88. The number of carbonyl (C=O) groups is 1. The zero-order valence-electron chi connectivity index (χ0n) is 16.2. The number of amides is 1. The summed E-state index contributed by atoms with van der Waals surface area (Å²) < 4.78 is 45.7. The second-order valence-electron chi connectivity index (χ2n) is 6.47. The molecule has 0 atom stereocenters. The third-order valence-electron chi connectivity index (χ3n) is 4.29. The molecular formula is C21H18F3N3O3. The van der Waals surface area contributed by atoms with Crippen molar-refractivity contribution >= 4 is 11.6 Å². The van der Waals surface area contributed by atoms with Gasteiger partial charge in [-0.1, -0.05) is 12.1 Å². The highest BCUT2D eigenvalue weighted by Gasteiger charge is 2.33. The third-order valence-corrected chi connectivity index (χ3v) is 4.29. The van der Waals surface area contributed by atoms with Crippen molar-refractivity contribution < 1.29 is 22.7 Å². The Labute approximate surface area is 170 Å². The predicted molar refractivity (Wildman–Crippen MR) is 105 cm³/mol. The number of aromatic nitrogens is 2. The van der Waals surface area contributed by atoms with Crippen LogP contribution in [0.4, 0.5) is 18.9 Å². The maximum absolute atomic E-state index is 13.2. The lowest BCUT2D eigenvalue weighted by Gasteiger charge is -2.16. The fourth-order valence-electron chi connectivity index (χ4n) is 2.91. The van der Waals surface area contributed by atoms with Gasteiger partial charge in [0.15, 0.2) is 0 Å². The number of rotatable bonds is 5. The van der Waals surface area contributed by atoms with Crippen LogP contribution >= 0.6 is 0 Å². The molecule has 0 aliphatic rings. The van der Waals surface area contributed by atoms with E-state index in [0.717, 1.165) is 16.7 Å². The van der Waals surface area contributed by atoms with E-state index in [0.29, 0.717) is 17.0 Å². The first-order chi connectivity index (χ1) is 14.2. The van der Waals surface area contributed by atoms with Gasteiger partial charge in [0.1, 0.15) is 18.1 Å². The number of hydrogen-bond acceptors (Lipinski definition) is 4. The maximum atomic E-state index is 13.2. The van der Waals surface area contributed by atoms with Gasteiger partial charge in [-0.05, 0) is 43.3 Å². The molecule has 0 spiro atoms. The fourth-order valence-corrected chi connectivity index (χ4v) is 2.91. The van der Waals surface area contributed by atoms with E-state index in [2.05, 4.69) is 10.3 Å². The van der Waals surface area contributed by atoms with Crippen LogP contribution in [-0.2, 0) is 17.5 Å². The Morgan fingerprint density at radius 2 is 1.80 bits per heavy atom. The molecule has 0 bridgehead atoms. The van der Waals surface area contributed by atoms with Gasteiger partial charge in [0.2, 0.25) is 5.91 Å². The van der Waals surface area contributed by atoms with Gasteiger partial charge in [-0.25, -0.2) is 4.98 Å². The van der Waals surface area contributed by atoms with E-state index in [9.17, 15) is 22.8 Å². The van der Waals surface area contributed by atoms with E-state index < -0.39 is 29.8 Å². The fraction of sp³-hybridized carbons (Fsp3) is 0.190. The summed E-state index contributed by atoms with van der Waals surface area (Å²) in [6, 6.07) is 12.6. The Bertz CT molecular complexity index is 1120. The molecule has 0 fully saturated rings. The molecule has 1 aromatic heterocycles. The lowest BCUT2D eigenvalue weighted by Crippen LogP contribution is -2.30. The van der Waals surface area contributed by atoms with Crippen LogP contribution in [0.1, 0.15) is 11.3 Å². The van der Waals surface area contributed by atoms with Crippen LogP contribution in [-0.4, -0.2) is 22.6 Å². The minimum absolute atomic E-state index is 0.224. The number of nitrogens with one attached hydrogen (secondary N) is 1. The van der Waals surface area contributed by atoms with Crippen molar-refractivity contribution in [3.05, 3.63) is 76.2 Å². The molecule has 30 heavy (non-hydrogen) atoms. The van der Waals surface area contributed by atoms with Gasteiger partial charge >= 0.3 is 6.18 Å². The molecule has 0 aliphatic carbocycles. The van der Waals surface area contributed by atoms with E-state index >= 15 is 0 Å². The zero-order chi connectivity index (χ0) is 21.9. The van der Waals surface area contributed by atoms with Crippen molar-refractivity contribution in [1.82, 2.24) is 9.55 Å². The van der Waals surface area contributed by atoms with Crippen molar-refractivity contribution in [3.63, 3.8) is 0 Å². The summed E-state index contributed by atoms with van der Waals surface area (Å²) in [5.41, 5.74) is -0.838. The molecule has 0 saturated carbocycles. The lowest BCUT2D eigenvalue weighted by molar-refractivity contribution is -0.137. The minimum Gasteiger partial charge on any atom is -0.497 e. The van der Waals surface area contributed by atoms with Gasteiger partial charge in [0.05, 0.1) is 18.4 Å². The molecule has 3 rings (SSSR count). The van der Waals surface area contributed by atoms with Crippen LogP contribution in [0.25, 0.3) is 11.4 Å². The second kappa shape index (κ2) is 8.40. The van der Waals surface area contributed by atoms with Crippen LogP contribution in [0.2, 0.25) is 0 Å². The van der Waals surface area contributed by atoms with E-state index in [1.54, 1.807) is 31.2 Å². The quantitative estimate of drug-likeness (QED) is 0.684. The number of alkyl halides is 3. The monoisotopic (exact) mass is 417 g/mol. The maximum Gasteiger partial charge on any atom is 0.418 e. The van der Waals surface area contributed by atoms with Crippen molar-refractivity contribution in [2.45, 2.75) is 19.6 Å². The molecule has 1 N–H and O–H groups in total. The number of methoxy groups -OCH3 is 1. The molecule has 1 heterocycles. The Kier molecular flexibility index (Phi) is 5.91. The Morgan fingerprint density at radius 1 is 1.13 bits per heavy atom. The molecule has 2 aromatic carbocycles. The molecule has 3 aromatic rings. The molecule has 1 amide bonds. The topological polar surface area (TPSA) is 73.2 Å². The Hall–Kier alpha value is -3.62. The Morgan fingerprint density at radius 3 is 2.43 bits per heavy atom. The summed E-state index contributed by atoms with van der Waals surface area (Å²) in [6.07, 6.45) is -4.62. The number of nitrogens with zero attached hydrogens (tertiary/aromatic N) is 2. The summed E-state index contributed by atoms with van der Waals surface area (Å²) >= 11 is 0. The largest absolute Gasteiger partial charge is 0.497 e. The van der Waals surface area contributed by atoms with Gasteiger partial charge < -0.3 is 10.1 Å². The van der Waals surface area contributed by atoms with Gasteiger partial charge in [0, 0.05) is 17.3 Å². The normalized spacial score (nSPS) is 11.2. The number of para-hydroxylation sites is 1. The molecule has 0 unspecified atom stereocenters. The lowest BCUT2D eigenvalue weighted by atomic mass is 10.1. The molecule has 9 heteroatoms. The van der Waals surface area contributed by atoms with Crippen LogP contribution < -0.4 is 15.6 Å². The zero-order valence-corrected chi connectivity index (χ0v) is 16.2. The summed E-state index contributed by atoms with van der Waals surface area (Å²) in [6.45, 7) is 1.14. The van der Waals surface area contributed by atoms with Crippen molar-refractivity contribution in [3.8, 4) is 17.1 Å². The van der Waals surface area contributed by atoms with E-state index in [1.165, 1.54) is 25.3 Å². The molecule has 0 saturated heterocycles. The summed E-state index contributed by atoms with van der Waals surface area (Å²) in [4.78, 5) is 29.3. The van der Waals surface area contributed by atoms with Crippen molar-refractivity contribution in [1.29, 1.82) is 0 Å². The van der Waals surface area contributed by atoms with E-state index in [-0.39, 0.29) is 11.5 Å². The standard InChI is InChI=1S/C21H18F3N3O3/c1-13-11-19(29)27(20(25-13)14-7-9-15(30-2)10-8-14)12-18(28)26-17-6-4-3-5-16(17)21(22,23)24/h3-11H,12H2,1-2H3,(H,26,28). The highest BCUT2D eigenvalue weighted by atomic mass is 19.4. The molecule has 156 valence electrons. The highest BCUT2D eigenvalue weighted by Crippen LogP contribution is 2.34. The number of anilines is 1. The van der Waals surface area contributed by atoms with Crippen molar-refractivity contribution in [2.75, 3.05) is 12.4 Å². The third kappa shape index (κ3) is 4.68. The Balaban J connectivity index is 1.94. The van der Waals surface area contributed by atoms with Crippen LogP contribution in [0.15, 0.2) is 59.4 Å². The molecule has 0 radical (unpaired) electrons. The smallest absolute Gasteiger partial charge is 0.418 e. The van der Waals surface area contributed by atoms with Gasteiger partial charge in [-0.15, -0.1) is 0 Å². The molecule has 0 aliphatic heterocycles. The second-order valence-corrected chi connectivity index (χ2v) is 6.47. The first-order valence-corrected chi connectivity index (χ1v) is 8.88. The number of hydrogen-bond donors (Lipinski definition) is 1. The number of halogens is 3. The van der Waals surface area contributed by atoms with E-state index in [4.69, 9.17) is 4.74 Å². The van der Waals surface area contributed by atoms with Crippen LogP contribution in [0, 0.1) is 6.92 Å². The predicted octanol–water partition coefficient (Wildman–Crippen LogP) is 3.88. The SMILES string of the molecule is COc1ccc(-c2nc(C)cc(=O)n2CC(=O)Nc2ccccc2C(F)(F)F)cc1. The van der Waals surface area contributed by atoms with Gasteiger partial charge in [0.25, 0.3) is 5.56 Å². The highest BCUT2D eigenvalue weighted by molar-refractivity contribution is 5.91. The molecular weight excluding hydrogens is 399 g/mol. The van der Waals surface area contributed by atoms with Gasteiger partial charge in [-0.2, -0.15) is 13.2 Å². The molecule has 6 nitrogen and oxygen atoms in total. The average molecular weight is 417 g/mol. The van der Waals surface area contributed by atoms with Gasteiger partial charge in [-0.3, -0.25) is 14.2 Å². The minimum atomic E-state index is -4.62. The van der Waals surface area contributed by atoms with E-state index in [1.807, 2.05) is 0 Å². The number of carbonyl (C=O) groups excluding carboxylic acids is 1. The van der Waals surface area contributed by atoms with Crippen LogP contribution in [0.3, 0.4) is 0 Å².